The molecule has 172 valence electrons. The first kappa shape index (κ1) is 23.9. The second kappa shape index (κ2) is 11.2. The minimum atomic E-state index is -1.04. The van der Waals surface area contributed by atoms with E-state index in [2.05, 4.69) is 27.7 Å². The van der Waals surface area contributed by atoms with E-state index in [-0.39, 0.29) is 17.0 Å². The zero-order valence-electron chi connectivity index (χ0n) is 18.5. The minimum absolute atomic E-state index is 0.0124. The Morgan fingerprint density at radius 1 is 0.971 bits per heavy atom. The van der Waals surface area contributed by atoms with Gasteiger partial charge in [-0.3, -0.25) is 14.4 Å². The Labute approximate surface area is 197 Å². The van der Waals surface area contributed by atoms with Gasteiger partial charge in [0.25, 0.3) is 5.91 Å². The molecule has 0 saturated heterocycles. The molecule has 0 saturated carbocycles. The predicted molar refractivity (Wildman–Crippen MR) is 132 cm³/mol. The number of carbonyl (C=O) groups is 3. The van der Waals surface area contributed by atoms with Crippen molar-refractivity contribution in [3.05, 3.63) is 102 Å². The van der Waals surface area contributed by atoms with Crippen LogP contribution in [-0.2, 0) is 16.0 Å². The number of allylic oxidation sites excluding steroid dienone is 1. The lowest BCUT2D eigenvalue weighted by Gasteiger charge is -2.11. The summed E-state index contributed by atoms with van der Waals surface area (Å²) in [5.41, 5.74) is 5.10. The van der Waals surface area contributed by atoms with E-state index in [1.165, 1.54) is 18.3 Å². The summed E-state index contributed by atoms with van der Waals surface area (Å²) in [6.07, 6.45) is 3.36. The van der Waals surface area contributed by atoms with Gasteiger partial charge in [-0.15, -0.1) is 6.58 Å². The first-order chi connectivity index (χ1) is 16.4. The number of aryl methyl sites for hydroxylation is 1. The number of phenolic OH excluding ortho intramolecular Hbond substituents is 1. The third kappa shape index (κ3) is 6.17. The summed E-state index contributed by atoms with van der Waals surface area (Å²) in [5.74, 6) is -2.46. The molecule has 3 rings (SSSR count). The predicted octanol–water partition coefficient (Wildman–Crippen LogP) is 3.77. The van der Waals surface area contributed by atoms with Gasteiger partial charge in [0.15, 0.2) is 0 Å². The number of amides is 3. The molecule has 4 N–H and O–H groups in total. The van der Waals surface area contributed by atoms with E-state index in [9.17, 15) is 19.5 Å². The Bertz CT molecular complexity index is 1270. The Kier molecular flexibility index (Phi) is 7.91. The Balaban J connectivity index is 1.65. The van der Waals surface area contributed by atoms with Gasteiger partial charge in [-0.1, -0.05) is 42.5 Å². The molecular formula is C26H24N4O4. The molecule has 0 aliphatic rings. The van der Waals surface area contributed by atoms with Gasteiger partial charge in [0.2, 0.25) is 0 Å². The lowest BCUT2D eigenvalue weighted by Crippen LogP contribution is -2.33. The summed E-state index contributed by atoms with van der Waals surface area (Å²) >= 11 is 0. The number of aromatic hydroxyl groups is 1. The van der Waals surface area contributed by atoms with Crippen molar-refractivity contribution in [2.45, 2.75) is 13.3 Å². The highest BCUT2D eigenvalue weighted by atomic mass is 16.3. The van der Waals surface area contributed by atoms with E-state index in [1.807, 2.05) is 25.1 Å². The van der Waals surface area contributed by atoms with Crippen LogP contribution in [0.15, 0.2) is 84.5 Å². The molecule has 8 heteroatoms. The number of anilines is 2. The second-order valence-corrected chi connectivity index (χ2v) is 7.37. The van der Waals surface area contributed by atoms with Gasteiger partial charge >= 0.3 is 11.8 Å². The van der Waals surface area contributed by atoms with E-state index in [1.54, 1.807) is 42.5 Å². The molecule has 0 bridgehead atoms. The van der Waals surface area contributed by atoms with Gasteiger partial charge in [0.05, 0.1) is 17.5 Å². The van der Waals surface area contributed by atoms with Crippen molar-refractivity contribution in [1.29, 1.82) is 0 Å². The maximum absolute atomic E-state index is 12.7. The van der Waals surface area contributed by atoms with Crippen molar-refractivity contribution in [2.75, 3.05) is 10.6 Å². The van der Waals surface area contributed by atoms with Crippen molar-refractivity contribution in [3.63, 3.8) is 0 Å². The topological polar surface area (TPSA) is 120 Å². The zero-order valence-corrected chi connectivity index (χ0v) is 18.5. The number of para-hydroxylation sites is 2. The molecule has 8 nitrogen and oxygen atoms in total. The summed E-state index contributed by atoms with van der Waals surface area (Å²) in [5, 5.41) is 19.2. The van der Waals surface area contributed by atoms with Crippen LogP contribution in [0.5, 0.6) is 5.75 Å². The van der Waals surface area contributed by atoms with Crippen molar-refractivity contribution in [3.8, 4) is 5.75 Å². The summed E-state index contributed by atoms with van der Waals surface area (Å²) in [4.78, 5) is 37.3. The molecule has 0 fully saturated rings. The molecule has 0 heterocycles. The number of phenols is 1. The number of nitrogens with zero attached hydrogens (tertiary/aromatic N) is 1. The molecule has 3 aromatic rings. The van der Waals surface area contributed by atoms with Crippen LogP contribution in [-0.4, -0.2) is 29.0 Å². The van der Waals surface area contributed by atoms with Crippen molar-refractivity contribution in [2.24, 2.45) is 5.10 Å². The van der Waals surface area contributed by atoms with Crippen LogP contribution in [0.2, 0.25) is 0 Å². The minimum Gasteiger partial charge on any atom is -0.507 e. The zero-order chi connectivity index (χ0) is 24.5. The fourth-order valence-electron chi connectivity index (χ4n) is 3.14. The number of hydrogen-bond acceptors (Lipinski definition) is 5. The number of benzene rings is 3. The van der Waals surface area contributed by atoms with Crippen LogP contribution in [0.4, 0.5) is 11.4 Å². The lowest BCUT2D eigenvalue weighted by molar-refractivity contribution is -0.136. The molecule has 0 unspecified atom stereocenters. The fourth-order valence-corrected chi connectivity index (χ4v) is 3.14. The normalized spacial score (nSPS) is 10.5. The van der Waals surface area contributed by atoms with Crippen LogP contribution < -0.4 is 16.1 Å². The van der Waals surface area contributed by atoms with Crippen molar-refractivity contribution < 1.29 is 19.5 Å². The standard InChI is InChI=1S/C26H24N4O4/c1-3-8-18-10-7-11-19(23(18)31)16-27-30-26(34)25(33)29-22-14-5-4-13-21(22)24(32)28-20-12-6-9-17(2)15-20/h3-7,9-16,31H,1,8H2,2H3,(H,28,32)(H,29,33)(H,30,34)/b27-16-. The first-order valence-corrected chi connectivity index (χ1v) is 10.4. The third-order valence-electron chi connectivity index (χ3n) is 4.79. The fraction of sp³-hybridized carbons (Fsp3) is 0.0769. The summed E-state index contributed by atoms with van der Waals surface area (Å²) in [6, 6.07) is 18.7. The van der Waals surface area contributed by atoms with E-state index in [4.69, 9.17) is 0 Å². The van der Waals surface area contributed by atoms with Gasteiger partial charge < -0.3 is 15.7 Å². The smallest absolute Gasteiger partial charge is 0.329 e. The highest BCUT2D eigenvalue weighted by Gasteiger charge is 2.18. The summed E-state index contributed by atoms with van der Waals surface area (Å²) in [6.45, 7) is 5.54. The van der Waals surface area contributed by atoms with Crippen molar-refractivity contribution in [1.82, 2.24) is 5.43 Å². The number of rotatable bonds is 7. The molecule has 3 amide bonds. The molecule has 0 aliphatic carbocycles. The SMILES string of the molecule is C=CCc1cccc(/C=N\NC(=O)C(=O)Nc2ccccc2C(=O)Nc2cccc(C)c2)c1O. The third-order valence-corrected chi connectivity index (χ3v) is 4.79. The monoisotopic (exact) mass is 456 g/mol. The molecular weight excluding hydrogens is 432 g/mol. The summed E-state index contributed by atoms with van der Waals surface area (Å²) < 4.78 is 0. The van der Waals surface area contributed by atoms with Crippen LogP contribution in [0.3, 0.4) is 0 Å². The van der Waals surface area contributed by atoms with Gasteiger partial charge in [-0.25, -0.2) is 5.43 Å². The average Bonchev–Trinajstić information content (AvgIpc) is 2.81. The quantitative estimate of drug-likeness (QED) is 0.187. The Hall–Kier alpha value is -4.72. The highest BCUT2D eigenvalue weighted by molar-refractivity contribution is 6.40. The van der Waals surface area contributed by atoms with Gasteiger partial charge in [-0.05, 0) is 54.8 Å². The molecule has 0 aliphatic heterocycles. The van der Waals surface area contributed by atoms with Gasteiger partial charge in [0, 0.05) is 11.3 Å². The van der Waals surface area contributed by atoms with Crippen LogP contribution in [0, 0.1) is 6.92 Å². The highest BCUT2D eigenvalue weighted by Crippen LogP contribution is 2.21. The van der Waals surface area contributed by atoms with E-state index >= 15 is 0 Å². The molecule has 0 atom stereocenters. The summed E-state index contributed by atoms with van der Waals surface area (Å²) in [7, 11) is 0. The number of hydrazone groups is 1. The largest absolute Gasteiger partial charge is 0.507 e. The average molecular weight is 457 g/mol. The second-order valence-electron chi connectivity index (χ2n) is 7.37. The van der Waals surface area contributed by atoms with E-state index in [0.29, 0.717) is 23.2 Å². The lowest BCUT2D eigenvalue weighted by atomic mass is 10.1. The van der Waals surface area contributed by atoms with Crippen LogP contribution in [0.1, 0.15) is 27.0 Å². The maximum Gasteiger partial charge on any atom is 0.329 e. The molecule has 0 radical (unpaired) electrons. The molecule has 0 aromatic heterocycles. The van der Waals surface area contributed by atoms with Gasteiger partial charge in [-0.2, -0.15) is 5.10 Å². The van der Waals surface area contributed by atoms with E-state index < -0.39 is 17.7 Å². The number of hydrogen-bond donors (Lipinski definition) is 4. The van der Waals surface area contributed by atoms with Crippen LogP contribution >= 0.6 is 0 Å². The molecule has 3 aromatic carbocycles. The molecule has 0 spiro atoms. The number of nitrogens with one attached hydrogen (secondary N) is 3. The molecule has 34 heavy (non-hydrogen) atoms. The Morgan fingerprint density at radius 2 is 1.74 bits per heavy atom. The van der Waals surface area contributed by atoms with Crippen LogP contribution in [0.25, 0.3) is 0 Å². The van der Waals surface area contributed by atoms with Crippen molar-refractivity contribution >= 4 is 35.3 Å². The Morgan fingerprint density at radius 3 is 2.50 bits per heavy atom. The number of carbonyl (C=O) groups excluding carboxylic acids is 3. The van der Waals surface area contributed by atoms with E-state index in [0.717, 1.165) is 5.56 Å². The first-order valence-electron chi connectivity index (χ1n) is 10.4. The van der Waals surface area contributed by atoms with Gasteiger partial charge in [0.1, 0.15) is 5.75 Å². The maximum atomic E-state index is 12.7.